The number of rotatable bonds is 4. The van der Waals surface area contributed by atoms with Gasteiger partial charge in [-0.05, 0) is 32.9 Å². The predicted molar refractivity (Wildman–Crippen MR) is 64.2 cm³/mol. The standard InChI is InChI=1S/C11H21NO2S/c1-11(2,14-3)10(13)12-8-6-5-7-9(8)15-4/h8-9H,5-7H2,1-4H3,(H,12,13). The second-order valence-electron chi connectivity index (χ2n) is 4.50. The highest BCUT2D eigenvalue weighted by molar-refractivity contribution is 7.99. The molecule has 0 aromatic rings. The van der Waals surface area contributed by atoms with Crippen LogP contribution in [-0.2, 0) is 9.53 Å². The SMILES string of the molecule is COC(C)(C)C(=O)NC1CCCC1SC. The van der Waals surface area contributed by atoms with Crippen molar-refractivity contribution in [3.63, 3.8) is 0 Å². The maximum absolute atomic E-state index is 11.9. The van der Waals surface area contributed by atoms with Crippen molar-refractivity contribution in [2.45, 2.75) is 50.0 Å². The van der Waals surface area contributed by atoms with E-state index in [2.05, 4.69) is 11.6 Å². The van der Waals surface area contributed by atoms with E-state index in [0.717, 1.165) is 6.42 Å². The van der Waals surface area contributed by atoms with E-state index in [1.54, 1.807) is 21.0 Å². The Balaban J connectivity index is 2.51. The lowest BCUT2D eigenvalue weighted by Crippen LogP contribution is -2.49. The number of methoxy groups -OCH3 is 1. The van der Waals surface area contributed by atoms with Gasteiger partial charge in [0.2, 0.25) is 0 Å². The lowest BCUT2D eigenvalue weighted by molar-refractivity contribution is -0.140. The first-order valence-electron chi connectivity index (χ1n) is 5.40. The molecule has 1 N–H and O–H groups in total. The van der Waals surface area contributed by atoms with E-state index in [4.69, 9.17) is 4.74 Å². The van der Waals surface area contributed by atoms with Gasteiger partial charge in [0.15, 0.2) is 0 Å². The number of hydrogen-bond acceptors (Lipinski definition) is 3. The molecule has 0 heterocycles. The third kappa shape index (κ3) is 3.11. The maximum Gasteiger partial charge on any atom is 0.251 e. The normalized spacial score (nSPS) is 26.7. The number of carbonyl (C=O) groups is 1. The molecule has 0 aliphatic heterocycles. The molecule has 1 amide bonds. The molecule has 2 atom stereocenters. The number of amides is 1. The predicted octanol–water partition coefficient (Wildman–Crippen LogP) is 1.81. The summed E-state index contributed by atoms with van der Waals surface area (Å²) >= 11 is 1.85. The van der Waals surface area contributed by atoms with Crippen molar-refractivity contribution in [1.29, 1.82) is 0 Å². The van der Waals surface area contributed by atoms with Crippen molar-refractivity contribution in [2.24, 2.45) is 0 Å². The summed E-state index contributed by atoms with van der Waals surface area (Å²) in [6.07, 6.45) is 5.62. The van der Waals surface area contributed by atoms with Gasteiger partial charge in [0.05, 0.1) is 0 Å². The van der Waals surface area contributed by atoms with Crippen LogP contribution in [-0.4, -0.2) is 36.2 Å². The summed E-state index contributed by atoms with van der Waals surface area (Å²) in [6.45, 7) is 3.59. The Labute approximate surface area is 96.3 Å². The molecule has 0 saturated heterocycles. The van der Waals surface area contributed by atoms with Gasteiger partial charge in [-0.3, -0.25) is 4.79 Å². The Morgan fingerprint density at radius 2 is 2.13 bits per heavy atom. The Hall–Kier alpha value is -0.220. The highest BCUT2D eigenvalue weighted by atomic mass is 32.2. The largest absolute Gasteiger partial charge is 0.369 e. The monoisotopic (exact) mass is 231 g/mol. The van der Waals surface area contributed by atoms with Crippen LogP contribution in [0.4, 0.5) is 0 Å². The molecule has 1 fully saturated rings. The van der Waals surface area contributed by atoms with E-state index in [9.17, 15) is 4.79 Å². The molecule has 1 aliphatic rings. The molecule has 0 bridgehead atoms. The molecule has 0 spiro atoms. The van der Waals surface area contributed by atoms with Crippen molar-refractivity contribution in [3.8, 4) is 0 Å². The van der Waals surface area contributed by atoms with Gasteiger partial charge >= 0.3 is 0 Å². The lowest BCUT2D eigenvalue weighted by atomic mass is 10.1. The van der Waals surface area contributed by atoms with E-state index in [0.29, 0.717) is 11.3 Å². The molecular formula is C11H21NO2S. The fraction of sp³-hybridized carbons (Fsp3) is 0.909. The quantitative estimate of drug-likeness (QED) is 0.802. The van der Waals surface area contributed by atoms with Crippen LogP contribution in [0.1, 0.15) is 33.1 Å². The van der Waals surface area contributed by atoms with E-state index in [1.807, 2.05) is 11.8 Å². The van der Waals surface area contributed by atoms with Gasteiger partial charge in [0.25, 0.3) is 5.91 Å². The van der Waals surface area contributed by atoms with Gasteiger partial charge in [0, 0.05) is 18.4 Å². The van der Waals surface area contributed by atoms with Crippen molar-refractivity contribution in [3.05, 3.63) is 0 Å². The summed E-state index contributed by atoms with van der Waals surface area (Å²) in [5, 5.41) is 3.66. The van der Waals surface area contributed by atoms with Gasteiger partial charge in [0.1, 0.15) is 5.60 Å². The highest BCUT2D eigenvalue weighted by Gasteiger charge is 2.33. The first-order chi connectivity index (χ1) is 7.01. The number of hydrogen-bond donors (Lipinski definition) is 1. The Morgan fingerprint density at radius 1 is 1.47 bits per heavy atom. The van der Waals surface area contributed by atoms with Crippen LogP contribution in [0.2, 0.25) is 0 Å². The summed E-state index contributed by atoms with van der Waals surface area (Å²) in [7, 11) is 1.57. The van der Waals surface area contributed by atoms with Gasteiger partial charge in [-0.25, -0.2) is 0 Å². The molecule has 88 valence electrons. The number of ether oxygens (including phenoxy) is 1. The summed E-state index contributed by atoms with van der Waals surface area (Å²) < 4.78 is 5.16. The van der Waals surface area contributed by atoms with E-state index >= 15 is 0 Å². The molecule has 1 rings (SSSR count). The molecule has 4 heteroatoms. The smallest absolute Gasteiger partial charge is 0.251 e. The Morgan fingerprint density at radius 3 is 2.67 bits per heavy atom. The maximum atomic E-state index is 11.9. The van der Waals surface area contributed by atoms with Crippen LogP contribution in [0, 0.1) is 0 Å². The van der Waals surface area contributed by atoms with Crippen LogP contribution in [0.25, 0.3) is 0 Å². The molecule has 0 aromatic carbocycles. The van der Waals surface area contributed by atoms with Crippen LogP contribution >= 0.6 is 11.8 Å². The third-order valence-electron chi connectivity index (χ3n) is 3.13. The Bertz CT molecular complexity index is 231. The summed E-state index contributed by atoms with van der Waals surface area (Å²) in [4.78, 5) is 11.9. The van der Waals surface area contributed by atoms with Gasteiger partial charge in [-0.15, -0.1) is 0 Å². The lowest BCUT2D eigenvalue weighted by Gasteiger charge is -2.26. The van der Waals surface area contributed by atoms with Crippen molar-refractivity contribution in [1.82, 2.24) is 5.32 Å². The summed E-state index contributed by atoms with van der Waals surface area (Å²) in [5.41, 5.74) is -0.717. The van der Waals surface area contributed by atoms with Crippen LogP contribution in [0.15, 0.2) is 0 Å². The minimum absolute atomic E-state index is 0.00375. The average Bonchev–Trinajstić information content (AvgIpc) is 2.65. The average molecular weight is 231 g/mol. The zero-order chi connectivity index (χ0) is 11.5. The number of thioether (sulfide) groups is 1. The van der Waals surface area contributed by atoms with E-state index in [1.165, 1.54) is 12.8 Å². The fourth-order valence-corrected chi connectivity index (χ4v) is 2.74. The van der Waals surface area contributed by atoms with Crippen LogP contribution < -0.4 is 5.32 Å². The molecule has 0 radical (unpaired) electrons. The topological polar surface area (TPSA) is 38.3 Å². The second kappa shape index (κ2) is 5.21. The van der Waals surface area contributed by atoms with Gasteiger partial charge < -0.3 is 10.1 Å². The molecule has 1 aliphatic carbocycles. The molecule has 1 saturated carbocycles. The second-order valence-corrected chi connectivity index (χ2v) is 5.58. The van der Waals surface area contributed by atoms with Crippen molar-refractivity contribution < 1.29 is 9.53 Å². The summed E-state index contributed by atoms with van der Waals surface area (Å²) in [6, 6.07) is 0.321. The zero-order valence-corrected chi connectivity index (χ0v) is 10.8. The fourth-order valence-electron chi connectivity index (χ4n) is 1.81. The third-order valence-corrected chi connectivity index (χ3v) is 4.30. The first kappa shape index (κ1) is 12.8. The van der Waals surface area contributed by atoms with E-state index < -0.39 is 5.60 Å². The van der Waals surface area contributed by atoms with Crippen LogP contribution in [0.5, 0.6) is 0 Å². The Kier molecular flexibility index (Phi) is 4.46. The van der Waals surface area contributed by atoms with Crippen LogP contribution in [0.3, 0.4) is 0 Å². The molecule has 3 nitrogen and oxygen atoms in total. The number of carbonyl (C=O) groups excluding carboxylic acids is 1. The molecular weight excluding hydrogens is 210 g/mol. The van der Waals surface area contributed by atoms with Gasteiger partial charge in [-0.1, -0.05) is 6.42 Å². The number of nitrogens with one attached hydrogen (secondary N) is 1. The first-order valence-corrected chi connectivity index (χ1v) is 6.69. The van der Waals surface area contributed by atoms with E-state index in [-0.39, 0.29) is 5.91 Å². The molecule has 15 heavy (non-hydrogen) atoms. The summed E-state index contributed by atoms with van der Waals surface area (Å²) in [5.74, 6) is -0.00375. The minimum atomic E-state index is -0.717. The highest BCUT2D eigenvalue weighted by Crippen LogP contribution is 2.28. The minimum Gasteiger partial charge on any atom is -0.369 e. The van der Waals surface area contributed by atoms with Crippen molar-refractivity contribution >= 4 is 17.7 Å². The van der Waals surface area contributed by atoms with Gasteiger partial charge in [-0.2, -0.15) is 11.8 Å². The molecule has 2 unspecified atom stereocenters. The zero-order valence-electron chi connectivity index (χ0n) is 10.0. The molecule has 0 aromatic heterocycles. The van der Waals surface area contributed by atoms with Crippen molar-refractivity contribution in [2.75, 3.05) is 13.4 Å².